The lowest BCUT2D eigenvalue weighted by Crippen LogP contribution is -2.37. The Labute approximate surface area is 138 Å². The fraction of sp³-hybridized carbons (Fsp3) is 0.588. The maximum absolute atomic E-state index is 5.53. The highest BCUT2D eigenvalue weighted by atomic mass is 16.5. The number of methoxy groups -OCH3 is 4. The van der Waals surface area contributed by atoms with Gasteiger partial charge in [-0.2, -0.15) is 0 Å². The first-order chi connectivity index (χ1) is 11.2. The Morgan fingerprint density at radius 3 is 2.30 bits per heavy atom. The zero-order valence-corrected chi connectivity index (χ0v) is 14.5. The Kier molecular flexibility index (Phi) is 6.52. The molecule has 23 heavy (non-hydrogen) atoms. The summed E-state index contributed by atoms with van der Waals surface area (Å²) in [4.78, 5) is 2.29. The number of rotatable bonds is 8. The van der Waals surface area contributed by atoms with Gasteiger partial charge in [0.15, 0.2) is 0 Å². The van der Waals surface area contributed by atoms with Crippen molar-refractivity contribution in [2.24, 2.45) is 0 Å². The Balaban J connectivity index is 2.22. The predicted molar refractivity (Wildman–Crippen MR) is 89.1 cm³/mol. The predicted octanol–water partition coefficient (Wildman–Crippen LogP) is 1.61. The molecule has 2 rings (SSSR count). The second-order valence-corrected chi connectivity index (χ2v) is 5.48. The van der Waals surface area contributed by atoms with Gasteiger partial charge in [-0.05, 0) is 0 Å². The van der Waals surface area contributed by atoms with Crippen LogP contribution in [0.5, 0.6) is 17.2 Å². The molecule has 0 saturated carbocycles. The van der Waals surface area contributed by atoms with Gasteiger partial charge >= 0.3 is 0 Å². The molecule has 0 spiro atoms. The molecule has 0 aliphatic carbocycles. The molecule has 0 aromatic heterocycles. The molecule has 0 atom stereocenters. The molecular formula is C17H27N2O4+. The van der Waals surface area contributed by atoms with Gasteiger partial charge in [0.1, 0.15) is 30.3 Å². The average Bonchev–Trinajstić information content (AvgIpc) is 2.60. The number of hydrogen-bond acceptors (Lipinski definition) is 5. The fourth-order valence-corrected chi connectivity index (χ4v) is 2.76. The van der Waals surface area contributed by atoms with Gasteiger partial charge in [0.25, 0.3) is 0 Å². The summed E-state index contributed by atoms with van der Waals surface area (Å²) in [5.41, 5.74) is 1.03. The lowest BCUT2D eigenvalue weighted by molar-refractivity contribution is -0.549. The molecule has 0 N–H and O–H groups in total. The first-order valence-corrected chi connectivity index (χ1v) is 7.82. The van der Waals surface area contributed by atoms with Gasteiger partial charge in [0, 0.05) is 25.7 Å². The molecule has 0 unspecified atom stereocenters. The van der Waals surface area contributed by atoms with Crippen LogP contribution >= 0.6 is 0 Å². The van der Waals surface area contributed by atoms with Gasteiger partial charge < -0.3 is 18.9 Å². The van der Waals surface area contributed by atoms with Crippen molar-refractivity contribution in [1.29, 1.82) is 0 Å². The third-order valence-electron chi connectivity index (χ3n) is 3.98. The highest BCUT2D eigenvalue weighted by Crippen LogP contribution is 2.34. The van der Waals surface area contributed by atoms with Gasteiger partial charge in [-0.1, -0.05) is 0 Å². The van der Waals surface area contributed by atoms with Gasteiger partial charge in [-0.3, -0.25) is 9.48 Å². The highest BCUT2D eigenvalue weighted by Gasteiger charge is 2.20. The molecule has 1 aromatic carbocycles. The van der Waals surface area contributed by atoms with E-state index in [0.29, 0.717) is 0 Å². The van der Waals surface area contributed by atoms with Crippen molar-refractivity contribution in [3.05, 3.63) is 17.7 Å². The van der Waals surface area contributed by atoms with Crippen molar-refractivity contribution in [3.8, 4) is 17.2 Å². The maximum atomic E-state index is 5.53. The SMILES string of the molecule is COCCN1C=[N+](Cc2c(OC)cc(OC)cc2OC)CCC1. The Bertz CT molecular complexity index is 520. The zero-order valence-electron chi connectivity index (χ0n) is 14.5. The molecule has 0 fully saturated rings. The molecular weight excluding hydrogens is 296 g/mol. The van der Waals surface area contributed by atoms with Crippen LogP contribution in [0.3, 0.4) is 0 Å². The van der Waals surface area contributed by atoms with Crippen molar-refractivity contribution >= 4 is 6.34 Å². The standard InChI is InChI=1S/C17H27N2O4/c1-20-9-8-18-6-5-7-19(13-18)12-15-16(22-3)10-14(21-2)11-17(15)23-4/h10-11,13H,5-9,12H2,1-4H3/q+1. The van der Waals surface area contributed by atoms with Crippen molar-refractivity contribution in [2.45, 2.75) is 13.0 Å². The minimum absolute atomic E-state index is 0.729. The van der Waals surface area contributed by atoms with Crippen molar-refractivity contribution < 1.29 is 23.5 Å². The molecule has 1 aliphatic heterocycles. The summed E-state index contributed by atoms with van der Waals surface area (Å²) in [5.74, 6) is 2.29. The minimum Gasteiger partial charge on any atom is -0.496 e. The summed E-state index contributed by atoms with van der Waals surface area (Å²) in [6.07, 6.45) is 3.30. The second-order valence-electron chi connectivity index (χ2n) is 5.48. The molecule has 1 aliphatic rings. The van der Waals surface area contributed by atoms with Crippen molar-refractivity contribution in [3.63, 3.8) is 0 Å². The van der Waals surface area contributed by atoms with E-state index in [0.717, 1.165) is 62.0 Å². The van der Waals surface area contributed by atoms with E-state index in [4.69, 9.17) is 18.9 Å². The molecule has 0 bridgehead atoms. The summed E-state index contributed by atoms with van der Waals surface area (Å²) in [7, 11) is 6.71. The molecule has 6 heteroatoms. The number of benzene rings is 1. The topological polar surface area (TPSA) is 43.2 Å². The first-order valence-electron chi connectivity index (χ1n) is 7.82. The van der Waals surface area contributed by atoms with Gasteiger partial charge in [0.2, 0.25) is 6.34 Å². The second kappa shape index (κ2) is 8.62. The van der Waals surface area contributed by atoms with Crippen LogP contribution in [0.1, 0.15) is 12.0 Å². The minimum atomic E-state index is 0.729. The van der Waals surface area contributed by atoms with Gasteiger partial charge in [0.05, 0.1) is 46.6 Å². The van der Waals surface area contributed by atoms with Crippen LogP contribution in [-0.4, -0.2) is 70.5 Å². The van der Waals surface area contributed by atoms with Gasteiger partial charge in [-0.15, -0.1) is 0 Å². The molecule has 0 amide bonds. The Morgan fingerprint density at radius 1 is 1.04 bits per heavy atom. The lowest BCUT2D eigenvalue weighted by Gasteiger charge is -2.22. The summed E-state index contributed by atoms with van der Waals surface area (Å²) in [6.45, 7) is 4.46. The van der Waals surface area contributed by atoms with E-state index in [9.17, 15) is 0 Å². The summed E-state index contributed by atoms with van der Waals surface area (Å²) >= 11 is 0. The molecule has 1 heterocycles. The smallest absolute Gasteiger partial charge is 0.234 e. The molecule has 0 saturated heterocycles. The molecule has 128 valence electrons. The van der Waals surface area contributed by atoms with Crippen LogP contribution in [0.4, 0.5) is 0 Å². The lowest BCUT2D eigenvalue weighted by atomic mass is 10.1. The van der Waals surface area contributed by atoms with E-state index in [1.807, 2.05) is 12.1 Å². The summed E-state index contributed by atoms with van der Waals surface area (Å²) < 4.78 is 23.8. The molecule has 1 aromatic rings. The third kappa shape index (κ3) is 4.51. The zero-order chi connectivity index (χ0) is 16.7. The van der Waals surface area contributed by atoms with Crippen LogP contribution in [0.2, 0.25) is 0 Å². The number of nitrogens with zero attached hydrogens (tertiary/aromatic N) is 2. The molecule has 6 nitrogen and oxygen atoms in total. The molecule has 0 radical (unpaired) electrons. The van der Waals surface area contributed by atoms with Crippen LogP contribution < -0.4 is 14.2 Å². The van der Waals surface area contributed by atoms with Crippen LogP contribution in [0.25, 0.3) is 0 Å². The normalized spacial score (nSPS) is 14.4. The fourth-order valence-electron chi connectivity index (χ4n) is 2.76. The third-order valence-corrected chi connectivity index (χ3v) is 3.98. The summed E-state index contributed by atoms with van der Waals surface area (Å²) in [6, 6.07) is 3.79. The number of ether oxygens (including phenoxy) is 4. The highest BCUT2D eigenvalue weighted by molar-refractivity contribution is 5.52. The summed E-state index contributed by atoms with van der Waals surface area (Å²) in [5, 5.41) is 0. The van der Waals surface area contributed by atoms with E-state index >= 15 is 0 Å². The maximum Gasteiger partial charge on any atom is 0.234 e. The first kappa shape index (κ1) is 17.4. The van der Waals surface area contributed by atoms with E-state index in [1.165, 1.54) is 0 Å². The number of hydrogen-bond donors (Lipinski definition) is 0. The Hall–Kier alpha value is -1.95. The van der Waals surface area contributed by atoms with Crippen LogP contribution in [0, 0.1) is 0 Å². The van der Waals surface area contributed by atoms with E-state index in [2.05, 4.69) is 15.8 Å². The monoisotopic (exact) mass is 323 g/mol. The van der Waals surface area contributed by atoms with E-state index in [1.54, 1.807) is 28.4 Å². The quantitative estimate of drug-likeness (QED) is 0.680. The van der Waals surface area contributed by atoms with Crippen LogP contribution in [0.15, 0.2) is 12.1 Å². The van der Waals surface area contributed by atoms with Crippen molar-refractivity contribution in [2.75, 3.05) is 54.7 Å². The Morgan fingerprint density at radius 2 is 1.74 bits per heavy atom. The largest absolute Gasteiger partial charge is 0.496 e. The van der Waals surface area contributed by atoms with Crippen LogP contribution in [-0.2, 0) is 11.3 Å². The van der Waals surface area contributed by atoms with Gasteiger partial charge in [-0.25, -0.2) is 0 Å². The average molecular weight is 323 g/mol. The van der Waals surface area contributed by atoms with E-state index < -0.39 is 0 Å². The van der Waals surface area contributed by atoms with E-state index in [-0.39, 0.29) is 0 Å². The van der Waals surface area contributed by atoms with Crippen molar-refractivity contribution in [1.82, 2.24) is 4.90 Å².